The van der Waals surface area contributed by atoms with Crippen molar-refractivity contribution in [1.82, 2.24) is 9.80 Å². The van der Waals surface area contributed by atoms with Gasteiger partial charge in [-0.3, -0.25) is 9.59 Å². The van der Waals surface area contributed by atoms with Gasteiger partial charge in [0.25, 0.3) is 5.91 Å². The fourth-order valence-electron chi connectivity index (χ4n) is 2.62. The number of halogens is 1. The molecule has 0 atom stereocenters. The van der Waals surface area contributed by atoms with Gasteiger partial charge in [-0.05, 0) is 11.6 Å². The Hall–Kier alpha value is -2.08. The van der Waals surface area contributed by atoms with E-state index in [1.807, 2.05) is 18.2 Å². The predicted molar refractivity (Wildman–Crippen MR) is 78.3 cm³/mol. The zero-order valence-electron chi connectivity index (χ0n) is 11.8. The van der Waals surface area contributed by atoms with Gasteiger partial charge in [0.1, 0.15) is 0 Å². The number of amides is 3. The first-order valence-electron chi connectivity index (χ1n) is 7.03. The molecule has 2 aliphatic heterocycles. The Morgan fingerprint density at radius 1 is 1.27 bits per heavy atom. The van der Waals surface area contributed by atoms with Crippen molar-refractivity contribution in [3.63, 3.8) is 0 Å². The molecule has 7 heteroatoms. The van der Waals surface area contributed by atoms with Gasteiger partial charge in [0.2, 0.25) is 5.91 Å². The molecule has 0 saturated carbocycles. The van der Waals surface area contributed by atoms with Crippen LogP contribution < -0.4 is 0 Å². The van der Waals surface area contributed by atoms with E-state index in [0.717, 1.165) is 10.5 Å². The second kappa shape index (κ2) is 5.96. The molecule has 0 spiro atoms. The number of benzene rings is 1. The van der Waals surface area contributed by atoms with Crippen molar-refractivity contribution in [2.45, 2.75) is 6.42 Å². The molecule has 2 saturated heterocycles. The lowest BCUT2D eigenvalue weighted by molar-refractivity contribution is -0.137. The molecule has 3 amide bonds. The topological polar surface area (TPSA) is 66.9 Å². The summed E-state index contributed by atoms with van der Waals surface area (Å²) in [6, 6.07) is 7.25. The lowest BCUT2D eigenvalue weighted by Gasteiger charge is -2.40. The fraction of sp³-hybridized carbons (Fsp3) is 0.400. The Morgan fingerprint density at radius 2 is 2.00 bits per heavy atom. The van der Waals surface area contributed by atoms with Crippen LogP contribution in [0.15, 0.2) is 24.3 Å². The van der Waals surface area contributed by atoms with Gasteiger partial charge in [-0.25, -0.2) is 9.69 Å². The summed E-state index contributed by atoms with van der Waals surface area (Å²) in [7, 11) is 0. The second-order valence-electron chi connectivity index (χ2n) is 5.49. The van der Waals surface area contributed by atoms with E-state index < -0.39 is 6.09 Å². The van der Waals surface area contributed by atoms with Crippen LogP contribution in [-0.4, -0.2) is 53.9 Å². The summed E-state index contributed by atoms with van der Waals surface area (Å²) in [6.07, 6.45) is -0.331. The van der Waals surface area contributed by atoms with Crippen LogP contribution in [0.4, 0.5) is 4.79 Å². The fourth-order valence-corrected chi connectivity index (χ4v) is 2.82. The Morgan fingerprint density at radius 3 is 2.64 bits per heavy atom. The molecule has 0 radical (unpaired) electrons. The highest BCUT2D eigenvalue weighted by molar-refractivity contribution is 6.31. The molecule has 2 heterocycles. The Bertz CT molecular complexity index is 612. The molecule has 6 nitrogen and oxygen atoms in total. The van der Waals surface area contributed by atoms with Crippen LogP contribution in [0.1, 0.15) is 5.56 Å². The summed E-state index contributed by atoms with van der Waals surface area (Å²) in [6.45, 7) is 1.22. The maximum Gasteiger partial charge on any atom is 0.417 e. The van der Waals surface area contributed by atoms with E-state index in [-0.39, 0.29) is 30.8 Å². The number of rotatable bonds is 4. The SMILES string of the molecule is O=C(Cc1ccccc1Cl)N1CC(CN2C(=O)COC2=O)C1. The standard InChI is InChI=1S/C15H15ClN2O4/c16-12-4-2-1-3-11(12)5-13(19)17-6-10(7-17)8-18-14(20)9-22-15(18)21/h1-4,10H,5-9H2. The Balaban J connectivity index is 1.49. The molecule has 1 aromatic rings. The van der Waals surface area contributed by atoms with E-state index in [0.29, 0.717) is 24.7 Å². The van der Waals surface area contributed by atoms with Crippen LogP contribution in [-0.2, 0) is 20.7 Å². The third kappa shape index (κ3) is 2.92. The Kier molecular flexibility index (Phi) is 4.02. The molecule has 0 aliphatic carbocycles. The highest BCUT2D eigenvalue weighted by Gasteiger charge is 2.38. The van der Waals surface area contributed by atoms with E-state index >= 15 is 0 Å². The largest absolute Gasteiger partial charge is 0.439 e. The van der Waals surface area contributed by atoms with Crippen molar-refractivity contribution >= 4 is 29.5 Å². The number of carbonyl (C=O) groups excluding carboxylic acids is 3. The number of likely N-dealkylation sites (tertiary alicyclic amines) is 1. The highest BCUT2D eigenvalue weighted by Crippen LogP contribution is 2.22. The summed E-state index contributed by atoms with van der Waals surface area (Å²) >= 11 is 6.04. The zero-order chi connectivity index (χ0) is 15.7. The third-order valence-electron chi connectivity index (χ3n) is 3.89. The molecule has 0 unspecified atom stereocenters. The minimum absolute atomic E-state index is 0.000301. The molecule has 0 N–H and O–H groups in total. The van der Waals surface area contributed by atoms with Gasteiger partial charge >= 0.3 is 6.09 Å². The maximum atomic E-state index is 12.2. The molecule has 2 fully saturated rings. The number of imide groups is 1. The van der Waals surface area contributed by atoms with Crippen LogP contribution in [0.3, 0.4) is 0 Å². The molecule has 22 heavy (non-hydrogen) atoms. The molecule has 116 valence electrons. The van der Waals surface area contributed by atoms with Gasteiger partial charge in [-0.1, -0.05) is 29.8 Å². The quantitative estimate of drug-likeness (QED) is 0.838. The summed E-state index contributed by atoms with van der Waals surface area (Å²) in [5.74, 6) is -0.199. The van der Waals surface area contributed by atoms with Gasteiger partial charge < -0.3 is 9.64 Å². The number of ether oxygens (including phenoxy) is 1. The van der Waals surface area contributed by atoms with Crippen LogP contribution in [0.25, 0.3) is 0 Å². The summed E-state index contributed by atoms with van der Waals surface area (Å²) in [5.41, 5.74) is 0.802. The van der Waals surface area contributed by atoms with Gasteiger partial charge in [-0.15, -0.1) is 0 Å². The van der Waals surface area contributed by atoms with Crippen LogP contribution in [0, 0.1) is 5.92 Å². The molecule has 0 aromatic heterocycles. The highest BCUT2D eigenvalue weighted by atomic mass is 35.5. The number of cyclic esters (lactones) is 1. The molecule has 2 aliphatic rings. The van der Waals surface area contributed by atoms with Crippen molar-refractivity contribution in [2.75, 3.05) is 26.2 Å². The smallest absolute Gasteiger partial charge is 0.417 e. The summed E-state index contributed by atoms with van der Waals surface area (Å²) in [4.78, 5) is 37.8. The number of nitrogens with zero attached hydrogens (tertiary/aromatic N) is 2. The Labute approximate surface area is 132 Å². The minimum Gasteiger partial charge on any atom is -0.439 e. The van der Waals surface area contributed by atoms with Gasteiger partial charge in [0, 0.05) is 30.6 Å². The number of hydrogen-bond acceptors (Lipinski definition) is 4. The van der Waals surface area contributed by atoms with Crippen LogP contribution in [0.5, 0.6) is 0 Å². The lowest BCUT2D eigenvalue weighted by Crippen LogP contribution is -2.54. The molecule has 1 aromatic carbocycles. The van der Waals surface area contributed by atoms with E-state index in [9.17, 15) is 14.4 Å². The average Bonchev–Trinajstić information content (AvgIpc) is 2.75. The second-order valence-corrected chi connectivity index (χ2v) is 5.90. The lowest BCUT2D eigenvalue weighted by atomic mass is 9.98. The summed E-state index contributed by atoms with van der Waals surface area (Å²) in [5, 5.41) is 0.582. The number of carbonyl (C=O) groups is 3. The van der Waals surface area contributed by atoms with Crippen molar-refractivity contribution < 1.29 is 19.1 Å². The van der Waals surface area contributed by atoms with Crippen molar-refractivity contribution in [1.29, 1.82) is 0 Å². The van der Waals surface area contributed by atoms with Gasteiger partial charge in [0.05, 0.1) is 6.42 Å². The molecule has 3 rings (SSSR count). The zero-order valence-corrected chi connectivity index (χ0v) is 12.6. The first-order valence-corrected chi connectivity index (χ1v) is 7.40. The van der Waals surface area contributed by atoms with Gasteiger partial charge in [0.15, 0.2) is 6.61 Å². The molecule has 0 bridgehead atoms. The monoisotopic (exact) mass is 322 g/mol. The van der Waals surface area contributed by atoms with Crippen molar-refractivity contribution in [3.05, 3.63) is 34.9 Å². The first kappa shape index (κ1) is 14.8. The van der Waals surface area contributed by atoms with Crippen molar-refractivity contribution in [2.24, 2.45) is 5.92 Å². The van der Waals surface area contributed by atoms with Crippen LogP contribution in [0.2, 0.25) is 5.02 Å². The third-order valence-corrected chi connectivity index (χ3v) is 4.26. The normalized spacial score (nSPS) is 18.4. The van der Waals surface area contributed by atoms with Gasteiger partial charge in [-0.2, -0.15) is 0 Å². The summed E-state index contributed by atoms with van der Waals surface area (Å²) < 4.78 is 4.66. The van der Waals surface area contributed by atoms with E-state index in [4.69, 9.17) is 11.6 Å². The van der Waals surface area contributed by atoms with E-state index in [2.05, 4.69) is 4.74 Å². The van der Waals surface area contributed by atoms with Crippen molar-refractivity contribution in [3.8, 4) is 0 Å². The number of hydrogen-bond donors (Lipinski definition) is 0. The maximum absolute atomic E-state index is 12.2. The minimum atomic E-state index is -0.592. The molecular weight excluding hydrogens is 308 g/mol. The van der Waals surface area contributed by atoms with Crippen LogP contribution >= 0.6 is 11.6 Å². The molecular formula is C15H15ClN2O4. The average molecular weight is 323 g/mol. The van der Waals surface area contributed by atoms with E-state index in [1.165, 1.54) is 0 Å². The first-order chi connectivity index (χ1) is 10.5. The predicted octanol–water partition coefficient (Wildman–Crippen LogP) is 1.32. The van der Waals surface area contributed by atoms with E-state index in [1.54, 1.807) is 11.0 Å².